The quantitative estimate of drug-likeness (QED) is 0.676. The topological polar surface area (TPSA) is 111 Å². The van der Waals surface area contributed by atoms with E-state index in [1.165, 1.54) is 0 Å². The van der Waals surface area contributed by atoms with Crippen LogP contribution in [-0.2, 0) is 4.79 Å². The van der Waals surface area contributed by atoms with Gasteiger partial charge in [0.15, 0.2) is 0 Å². The van der Waals surface area contributed by atoms with Gasteiger partial charge in [-0.2, -0.15) is 5.11 Å². The highest BCUT2D eigenvalue weighted by molar-refractivity contribution is 6.04. The van der Waals surface area contributed by atoms with Crippen molar-refractivity contribution in [2.45, 2.75) is 26.7 Å². The van der Waals surface area contributed by atoms with Crippen LogP contribution in [0.3, 0.4) is 0 Å². The lowest BCUT2D eigenvalue weighted by Gasteiger charge is -2.39. The van der Waals surface area contributed by atoms with Crippen molar-refractivity contribution in [1.29, 1.82) is 0 Å². The number of carbonyl (C=O) groups is 1. The highest BCUT2D eigenvalue weighted by Gasteiger charge is 2.37. The predicted molar refractivity (Wildman–Crippen MR) is 120 cm³/mol. The summed E-state index contributed by atoms with van der Waals surface area (Å²) < 4.78 is 0. The van der Waals surface area contributed by atoms with Gasteiger partial charge in [0.25, 0.3) is 0 Å². The van der Waals surface area contributed by atoms with Crippen molar-refractivity contribution in [3.8, 4) is 0 Å². The number of H-pyrrole nitrogens is 1. The third kappa shape index (κ3) is 3.56. The number of piperidine rings is 1. The summed E-state index contributed by atoms with van der Waals surface area (Å²) in [5.74, 6) is 0.977. The number of fused-ring (bicyclic) bond motifs is 1. The molecule has 5 rings (SSSR count). The first-order chi connectivity index (χ1) is 15.0. The number of aromatic amines is 1. The number of amides is 1. The zero-order valence-electron chi connectivity index (χ0n) is 17.6. The highest BCUT2D eigenvalue weighted by atomic mass is 16.2. The standard InChI is InChI=1S/C22H24N8O/c1-14-11-23-19-18(14)20(25-13-24-19)30-8-6-22(2,7-9-30)21(31)27-16-5-3-4-15(10-16)17-12-26-29-28-17/h3-5,10-11,13H,6-9,12H2,1-2H3,(H,27,31)(H,23,24,25). The minimum Gasteiger partial charge on any atom is -0.356 e. The number of benzene rings is 1. The summed E-state index contributed by atoms with van der Waals surface area (Å²) >= 11 is 0. The molecule has 2 N–H and O–H groups in total. The van der Waals surface area contributed by atoms with Gasteiger partial charge in [-0.25, -0.2) is 9.97 Å². The van der Waals surface area contributed by atoms with Gasteiger partial charge in [0.05, 0.1) is 16.5 Å². The molecule has 0 atom stereocenters. The lowest BCUT2D eigenvalue weighted by atomic mass is 9.79. The average molecular weight is 416 g/mol. The van der Waals surface area contributed by atoms with E-state index in [9.17, 15) is 4.79 Å². The zero-order valence-corrected chi connectivity index (χ0v) is 17.6. The fourth-order valence-corrected chi connectivity index (χ4v) is 4.20. The lowest BCUT2D eigenvalue weighted by molar-refractivity contribution is -0.125. The Morgan fingerprint density at radius 1 is 1.23 bits per heavy atom. The van der Waals surface area contributed by atoms with E-state index in [0.29, 0.717) is 6.54 Å². The van der Waals surface area contributed by atoms with E-state index < -0.39 is 5.41 Å². The normalized spacial score (nSPS) is 17.7. The molecule has 0 bridgehead atoms. The fraction of sp³-hybridized carbons (Fsp3) is 0.364. The van der Waals surface area contributed by atoms with Crippen LogP contribution >= 0.6 is 0 Å². The maximum absolute atomic E-state index is 13.2. The van der Waals surface area contributed by atoms with Gasteiger partial charge in [0, 0.05) is 30.5 Å². The van der Waals surface area contributed by atoms with Gasteiger partial charge in [0.1, 0.15) is 24.3 Å². The molecule has 9 nitrogen and oxygen atoms in total. The number of nitrogens with one attached hydrogen (secondary N) is 2. The Kier molecular flexibility index (Phi) is 4.72. The van der Waals surface area contributed by atoms with Gasteiger partial charge in [-0.1, -0.05) is 19.1 Å². The average Bonchev–Trinajstić information content (AvgIpc) is 3.45. The molecule has 4 heterocycles. The molecule has 0 radical (unpaired) electrons. The first kappa shape index (κ1) is 19.3. The Balaban J connectivity index is 1.28. The van der Waals surface area contributed by atoms with Crippen molar-refractivity contribution in [3.05, 3.63) is 47.9 Å². The molecule has 1 saturated heterocycles. The molecule has 3 aromatic rings. The Bertz CT molecular complexity index is 1200. The van der Waals surface area contributed by atoms with Gasteiger partial charge in [-0.3, -0.25) is 4.79 Å². The van der Waals surface area contributed by atoms with Crippen LogP contribution in [0.2, 0.25) is 0 Å². The summed E-state index contributed by atoms with van der Waals surface area (Å²) in [5, 5.41) is 15.8. The third-order valence-electron chi connectivity index (χ3n) is 6.26. The monoisotopic (exact) mass is 416 g/mol. The maximum Gasteiger partial charge on any atom is 0.230 e. The number of carbonyl (C=O) groups excluding carboxylic acids is 1. The van der Waals surface area contributed by atoms with E-state index in [2.05, 4.69) is 47.5 Å². The summed E-state index contributed by atoms with van der Waals surface area (Å²) in [6.07, 6.45) is 5.05. The summed E-state index contributed by atoms with van der Waals surface area (Å²) in [4.78, 5) is 27.5. The summed E-state index contributed by atoms with van der Waals surface area (Å²) in [6.45, 7) is 6.10. The Hall–Kier alpha value is -3.62. The molecule has 0 unspecified atom stereocenters. The van der Waals surface area contributed by atoms with Crippen molar-refractivity contribution in [3.63, 3.8) is 0 Å². The first-order valence-electron chi connectivity index (χ1n) is 10.4. The predicted octanol–water partition coefficient (Wildman–Crippen LogP) is 3.68. The first-order valence-corrected chi connectivity index (χ1v) is 10.4. The van der Waals surface area contributed by atoms with Crippen LogP contribution in [0.4, 0.5) is 11.5 Å². The third-order valence-corrected chi connectivity index (χ3v) is 6.26. The van der Waals surface area contributed by atoms with Crippen molar-refractivity contribution < 1.29 is 4.79 Å². The van der Waals surface area contributed by atoms with Crippen molar-refractivity contribution in [2.75, 3.05) is 29.9 Å². The number of nitrogens with zero attached hydrogens (tertiary/aromatic N) is 6. The molecule has 0 saturated carbocycles. The van der Waals surface area contributed by atoms with E-state index in [1.807, 2.05) is 37.4 Å². The minimum absolute atomic E-state index is 0.0395. The molecule has 1 amide bonds. The summed E-state index contributed by atoms with van der Waals surface area (Å²) in [7, 11) is 0. The van der Waals surface area contributed by atoms with E-state index in [-0.39, 0.29) is 5.91 Å². The molecule has 31 heavy (non-hydrogen) atoms. The van der Waals surface area contributed by atoms with E-state index in [4.69, 9.17) is 0 Å². The molecule has 1 aromatic carbocycles. The smallest absolute Gasteiger partial charge is 0.230 e. The second-order valence-electron chi connectivity index (χ2n) is 8.41. The highest BCUT2D eigenvalue weighted by Crippen LogP contribution is 2.36. The number of hydrogen-bond acceptors (Lipinski definition) is 7. The van der Waals surface area contributed by atoms with Crippen LogP contribution in [0.15, 0.2) is 52.2 Å². The molecule has 0 aliphatic carbocycles. The van der Waals surface area contributed by atoms with Gasteiger partial charge in [0.2, 0.25) is 5.91 Å². The second-order valence-corrected chi connectivity index (χ2v) is 8.41. The van der Waals surface area contributed by atoms with Crippen LogP contribution in [0.1, 0.15) is 30.9 Å². The van der Waals surface area contributed by atoms with Crippen LogP contribution in [-0.4, -0.2) is 46.2 Å². The Labute approximate surface area is 179 Å². The van der Waals surface area contributed by atoms with Crippen LogP contribution in [0, 0.1) is 12.3 Å². The SMILES string of the molecule is Cc1c[nH]c2ncnc(N3CCC(C)(C(=O)Nc4cccc(C5=NN=NC5)c4)CC3)c12. The van der Waals surface area contributed by atoms with Gasteiger partial charge in [-0.05, 0) is 42.7 Å². The summed E-state index contributed by atoms with van der Waals surface area (Å²) in [5.41, 5.74) is 4.04. The minimum atomic E-state index is -0.443. The van der Waals surface area contributed by atoms with Gasteiger partial charge < -0.3 is 15.2 Å². The maximum atomic E-state index is 13.2. The number of aromatic nitrogens is 3. The molecular weight excluding hydrogens is 392 g/mol. The molecule has 2 aromatic heterocycles. The lowest BCUT2D eigenvalue weighted by Crippen LogP contribution is -2.45. The number of aryl methyl sites for hydroxylation is 1. The molecule has 9 heteroatoms. The van der Waals surface area contributed by atoms with Gasteiger partial charge >= 0.3 is 0 Å². The van der Waals surface area contributed by atoms with Gasteiger partial charge in [-0.15, -0.1) is 5.10 Å². The van der Waals surface area contributed by atoms with Crippen molar-refractivity contribution in [2.24, 2.45) is 20.9 Å². The van der Waals surface area contributed by atoms with E-state index >= 15 is 0 Å². The van der Waals surface area contributed by atoms with Crippen LogP contribution in [0.5, 0.6) is 0 Å². The molecule has 158 valence electrons. The molecule has 1 fully saturated rings. The Morgan fingerprint density at radius 2 is 2.06 bits per heavy atom. The van der Waals surface area contributed by atoms with Crippen molar-refractivity contribution >= 4 is 34.2 Å². The van der Waals surface area contributed by atoms with Crippen LogP contribution < -0.4 is 10.2 Å². The zero-order chi connectivity index (χ0) is 21.4. The number of hydrogen-bond donors (Lipinski definition) is 2. The van der Waals surface area contributed by atoms with Crippen LogP contribution in [0.25, 0.3) is 11.0 Å². The molecule has 0 spiro atoms. The fourth-order valence-electron chi connectivity index (χ4n) is 4.20. The number of anilines is 2. The molecule has 2 aliphatic rings. The van der Waals surface area contributed by atoms with E-state index in [1.54, 1.807) is 6.33 Å². The molecule has 2 aliphatic heterocycles. The number of rotatable bonds is 4. The molecular formula is C22H24N8O. The Morgan fingerprint density at radius 3 is 2.84 bits per heavy atom. The second kappa shape index (κ2) is 7.57. The van der Waals surface area contributed by atoms with Crippen molar-refractivity contribution in [1.82, 2.24) is 15.0 Å². The van der Waals surface area contributed by atoms with E-state index in [0.717, 1.165) is 65.3 Å². The largest absolute Gasteiger partial charge is 0.356 e. The summed E-state index contributed by atoms with van der Waals surface area (Å²) in [6, 6.07) is 7.70.